The first-order valence-electron chi connectivity index (χ1n) is 7.01. The van der Waals surface area contributed by atoms with Crippen molar-refractivity contribution in [2.24, 2.45) is 0 Å². The van der Waals surface area contributed by atoms with Crippen molar-refractivity contribution in [2.45, 2.75) is 0 Å². The number of aromatic nitrogens is 3. The minimum atomic E-state index is -0.0628. The maximum atomic E-state index is 12.6. The third kappa shape index (κ3) is 2.66. The molecule has 4 aromatic rings. The van der Waals surface area contributed by atoms with Crippen LogP contribution in [0.4, 0.5) is 5.69 Å². The zero-order valence-corrected chi connectivity index (χ0v) is 14.1. The van der Waals surface area contributed by atoms with E-state index >= 15 is 0 Å². The highest BCUT2D eigenvalue weighted by Gasteiger charge is 2.18. The average molecular weight is 357 g/mol. The third-order valence-corrected chi connectivity index (χ3v) is 4.44. The lowest BCUT2D eigenvalue weighted by Crippen LogP contribution is -2.01. The van der Waals surface area contributed by atoms with E-state index in [0.29, 0.717) is 21.8 Å². The molecule has 24 heavy (non-hydrogen) atoms. The molecule has 2 N–H and O–H groups in total. The van der Waals surface area contributed by atoms with Gasteiger partial charge in [-0.15, -0.1) is 23.7 Å². The van der Waals surface area contributed by atoms with Crippen LogP contribution < -0.4 is 5.73 Å². The summed E-state index contributed by atoms with van der Waals surface area (Å²) in [5.74, 6) is -0.0628. The molecule has 0 aliphatic rings. The molecule has 0 aliphatic carbocycles. The van der Waals surface area contributed by atoms with Crippen LogP contribution >= 0.6 is 23.7 Å². The highest BCUT2D eigenvalue weighted by Crippen LogP contribution is 2.24. The summed E-state index contributed by atoms with van der Waals surface area (Å²) in [6.07, 6.45) is 3.25. The van der Waals surface area contributed by atoms with Crippen LogP contribution in [0.3, 0.4) is 0 Å². The van der Waals surface area contributed by atoms with Crippen LogP contribution in [0.2, 0.25) is 0 Å². The number of hydrogen-bond acceptors (Lipinski definition) is 5. The molecule has 0 fully saturated rings. The Morgan fingerprint density at radius 2 is 2.04 bits per heavy atom. The third-order valence-electron chi connectivity index (χ3n) is 3.57. The van der Waals surface area contributed by atoms with E-state index in [-0.39, 0.29) is 18.2 Å². The summed E-state index contributed by atoms with van der Waals surface area (Å²) in [6.45, 7) is 0. The summed E-state index contributed by atoms with van der Waals surface area (Å²) in [5.41, 5.74) is 9.34. The normalized spacial score (nSPS) is 10.5. The number of nitrogens with zero attached hydrogens (tertiary/aromatic N) is 3. The Labute approximate surface area is 148 Å². The van der Waals surface area contributed by atoms with Crippen LogP contribution in [-0.4, -0.2) is 20.4 Å². The predicted molar refractivity (Wildman–Crippen MR) is 97.8 cm³/mol. The number of anilines is 1. The van der Waals surface area contributed by atoms with Gasteiger partial charge in [0.1, 0.15) is 0 Å². The maximum Gasteiger partial charge on any atom is 0.208 e. The van der Waals surface area contributed by atoms with Gasteiger partial charge in [-0.25, -0.2) is 9.50 Å². The van der Waals surface area contributed by atoms with Crippen molar-refractivity contribution in [3.8, 4) is 11.3 Å². The summed E-state index contributed by atoms with van der Waals surface area (Å²) < 4.78 is 1.68. The summed E-state index contributed by atoms with van der Waals surface area (Å²) in [6, 6.07) is 13.1. The molecular formula is C17H13ClN4OS. The Morgan fingerprint density at radius 3 is 2.79 bits per heavy atom. The fourth-order valence-electron chi connectivity index (χ4n) is 2.51. The van der Waals surface area contributed by atoms with E-state index in [2.05, 4.69) is 10.1 Å². The number of fused-ring (bicyclic) bond motifs is 1. The largest absolute Gasteiger partial charge is 0.399 e. The van der Waals surface area contributed by atoms with Crippen LogP contribution in [0, 0.1) is 0 Å². The number of thiophene rings is 1. The highest BCUT2D eigenvalue weighted by molar-refractivity contribution is 7.12. The summed E-state index contributed by atoms with van der Waals surface area (Å²) >= 11 is 1.41. The molecule has 120 valence electrons. The SMILES string of the molecule is Cl.Nc1cccc(-c2ccnc3c(C(=O)c4cccs4)cnn23)c1. The van der Waals surface area contributed by atoms with Crippen molar-refractivity contribution < 1.29 is 4.79 Å². The zero-order chi connectivity index (χ0) is 15.8. The molecule has 0 spiro atoms. The van der Waals surface area contributed by atoms with E-state index in [0.717, 1.165) is 11.3 Å². The molecule has 0 radical (unpaired) electrons. The number of nitrogen functional groups attached to an aromatic ring is 1. The first kappa shape index (κ1) is 16.2. The van der Waals surface area contributed by atoms with Crippen LogP contribution in [0.25, 0.3) is 16.9 Å². The predicted octanol–water partition coefficient (Wildman–Crippen LogP) is 3.69. The lowest BCUT2D eigenvalue weighted by molar-refractivity contribution is 0.104. The minimum absolute atomic E-state index is 0. The molecule has 0 bridgehead atoms. The van der Waals surface area contributed by atoms with Gasteiger partial charge in [-0.1, -0.05) is 18.2 Å². The summed E-state index contributed by atoms with van der Waals surface area (Å²) in [5, 5.41) is 6.23. The Balaban J connectivity index is 0.00000169. The maximum absolute atomic E-state index is 12.6. The van der Waals surface area contributed by atoms with Gasteiger partial charge in [0, 0.05) is 17.4 Å². The Bertz CT molecular complexity index is 1010. The number of hydrogen-bond donors (Lipinski definition) is 1. The van der Waals surface area contributed by atoms with Crippen molar-refractivity contribution in [3.63, 3.8) is 0 Å². The van der Waals surface area contributed by atoms with E-state index in [9.17, 15) is 4.79 Å². The molecule has 0 saturated heterocycles. The molecule has 4 rings (SSSR count). The summed E-state index contributed by atoms with van der Waals surface area (Å²) in [7, 11) is 0. The number of carbonyl (C=O) groups is 1. The van der Waals surface area contributed by atoms with Gasteiger partial charge < -0.3 is 5.73 Å². The zero-order valence-electron chi connectivity index (χ0n) is 12.4. The van der Waals surface area contributed by atoms with Crippen LogP contribution in [-0.2, 0) is 0 Å². The van der Waals surface area contributed by atoms with Crippen LogP contribution in [0.5, 0.6) is 0 Å². The fraction of sp³-hybridized carbons (Fsp3) is 0. The second-order valence-corrected chi connectivity index (χ2v) is 6.00. The number of nitrogens with two attached hydrogens (primary N) is 1. The molecule has 0 amide bonds. The number of ketones is 1. The lowest BCUT2D eigenvalue weighted by Gasteiger charge is -2.05. The molecule has 0 unspecified atom stereocenters. The fourth-order valence-corrected chi connectivity index (χ4v) is 3.19. The standard InChI is InChI=1S/C17H12N4OS.ClH/c18-12-4-1-3-11(9-12)14-6-7-19-17-13(10-20-21(14)17)16(22)15-5-2-8-23-15;/h1-10H,18H2;1H. The Kier molecular flexibility index (Phi) is 4.33. The monoisotopic (exact) mass is 356 g/mol. The van der Waals surface area contributed by atoms with E-state index < -0.39 is 0 Å². The first-order valence-corrected chi connectivity index (χ1v) is 7.89. The highest BCUT2D eigenvalue weighted by atomic mass is 35.5. The van der Waals surface area contributed by atoms with E-state index in [1.165, 1.54) is 11.3 Å². The van der Waals surface area contributed by atoms with Gasteiger partial charge in [0.2, 0.25) is 5.78 Å². The molecular weight excluding hydrogens is 344 g/mol. The van der Waals surface area contributed by atoms with Crippen molar-refractivity contribution in [2.75, 3.05) is 5.73 Å². The second kappa shape index (κ2) is 6.43. The van der Waals surface area contributed by atoms with Gasteiger partial charge in [-0.2, -0.15) is 5.10 Å². The Hall–Kier alpha value is -2.70. The Morgan fingerprint density at radius 1 is 1.17 bits per heavy atom. The van der Waals surface area contributed by atoms with E-state index in [4.69, 9.17) is 5.73 Å². The molecule has 0 aliphatic heterocycles. The summed E-state index contributed by atoms with van der Waals surface area (Å²) in [4.78, 5) is 17.6. The lowest BCUT2D eigenvalue weighted by atomic mass is 10.1. The van der Waals surface area contributed by atoms with Crippen LogP contribution in [0.1, 0.15) is 15.2 Å². The second-order valence-electron chi connectivity index (χ2n) is 5.06. The number of benzene rings is 1. The van der Waals surface area contributed by atoms with Crippen molar-refractivity contribution >= 4 is 40.9 Å². The number of halogens is 1. The molecule has 0 saturated carbocycles. The molecule has 3 aromatic heterocycles. The van der Waals surface area contributed by atoms with Crippen molar-refractivity contribution in [1.82, 2.24) is 14.6 Å². The topological polar surface area (TPSA) is 73.3 Å². The van der Waals surface area contributed by atoms with E-state index in [1.807, 2.05) is 41.8 Å². The first-order chi connectivity index (χ1) is 11.2. The molecule has 3 heterocycles. The van der Waals surface area contributed by atoms with E-state index in [1.54, 1.807) is 23.0 Å². The average Bonchev–Trinajstić information content (AvgIpc) is 3.23. The number of carbonyl (C=O) groups excluding carboxylic acids is 1. The smallest absolute Gasteiger partial charge is 0.208 e. The van der Waals surface area contributed by atoms with Gasteiger partial charge in [0.25, 0.3) is 0 Å². The van der Waals surface area contributed by atoms with Gasteiger partial charge >= 0.3 is 0 Å². The quantitative estimate of drug-likeness (QED) is 0.448. The molecule has 5 nitrogen and oxygen atoms in total. The van der Waals surface area contributed by atoms with Gasteiger partial charge in [-0.3, -0.25) is 4.79 Å². The van der Waals surface area contributed by atoms with Gasteiger partial charge in [0.15, 0.2) is 5.65 Å². The molecule has 7 heteroatoms. The van der Waals surface area contributed by atoms with Gasteiger partial charge in [-0.05, 0) is 29.6 Å². The van der Waals surface area contributed by atoms with Gasteiger partial charge in [0.05, 0.1) is 22.3 Å². The van der Waals surface area contributed by atoms with Crippen molar-refractivity contribution in [3.05, 3.63) is 70.7 Å². The van der Waals surface area contributed by atoms with Crippen LogP contribution in [0.15, 0.2) is 60.2 Å². The molecule has 1 aromatic carbocycles. The van der Waals surface area contributed by atoms with Crippen molar-refractivity contribution in [1.29, 1.82) is 0 Å². The number of rotatable bonds is 3. The minimum Gasteiger partial charge on any atom is -0.399 e. The molecule has 0 atom stereocenters.